The minimum absolute atomic E-state index is 0.0522. The molecule has 0 fully saturated rings. The first-order chi connectivity index (χ1) is 9.95. The Morgan fingerprint density at radius 1 is 1.10 bits per heavy atom. The molecule has 1 aromatic carbocycles. The Morgan fingerprint density at radius 2 is 1.81 bits per heavy atom. The minimum Gasteiger partial charge on any atom is -0.494 e. The third-order valence-corrected chi connectivity index (χ3v) is 3.01. The first kappa shape index (κ1) is 17.8. The van der Waals surface area contributed by atoms with Crippen molar-refractivity contribution in [3.05, 3.63) is 29.6 Å². The van der Waals surface area contributed by atoms with Gasteiger partial charge < -0.3 is 10.1 Å². The molecule has 21 heavy (non-hydrogen) atoms. The highest BCUT2D eigenvalue weighted by atomic mass is 19.4. The van der Waals surface area contributed by atoms with Crippen molar-refractivity contribution in [3.63, 3.8) is 0 Å². The maximum atomic E-state index is 13.1. The quantitative estimate of drug-likeness (QED) is 0.539. The average molecular weight is 307 g/mol. The van der Waals surface area contributed by atoms with Gasteiger partial charge >= 0.3 is 6.18 Å². The van der Waals surface area contributed by atoms with E-state index in [0.717, 1.165) is 44.8 Å². The van der Waals surface area contributed by atoms with Crippen LogP contribution in [0.3, 0.4) is 0 Å². The largest absolute Gasteiger partial charge is 0.494 e. The molecule has 0 amide bonds. The predicted octanol–water partition coefficient (Wildman–Crippen LogP) is 4.39. The van der Waals surface area contributed by atoms with Gasteiger partial charge in [-0.1, -0.05) is 19.8 Å². The molecule has 0 aromatic heterocycles. The summed E-state index contributed by atoms with van der Waals surface area (Å²) in [6.45, 7) is 4.31. The number of hydrogen-bond donors (Lipinski definition) is 1. The van der Waals surface area contributed by atoms with Crippen LogP contribution in [0, 0.1) is 5.82 Å². The Hall–Kier alpha value is -1.30. The first-order valence-electron chi connectivity index (χ1n) is 7.15. The zero-order valence-electron chi connectivity index (χ0n) is 12.1. The van der Waals surface area contributed by atoms with E-state index in [2.05, 4.69) is 5.32 Å². The van der Waals surface area contributed by atoms with Gasteiger partial charge in [0.2, 0.25) is 0 Å². The molecule has 0 heterocycles. The summed E-state index contributed by atoms with van der Waals surface area (Å²) in [7, 11) is 0. The minimum atomic E-state index is -4.70. The van der Waals surface area contributed by atoms with Gasteiger partial charge in [-0.05, 0) is 44.1 Å². The molecule has 1 N–H and O–H groups in total. The van der Waals surface area contributed by atoms with Gasteiger partial charge in [0.05, 0.1) is 12.2 Å². The third kappa shape index (κ3) is 6.80. The molecule has 0 saturated carbocycles. The summed E-state index contributed by atoms with van der Waals surface area (Å²) >= 11 is 0. The molecular formula is C15H21F4NO. The Bertz CT molecular complexity index is 421. The van der Waals surface area contributed by atoms with Crippen molar-refractivity contribution in [2.75, 3.05) is 19.7 Å². The normalized spacial score (nSPS) is 11.7. The second-order valence-corrected chi connectivity index (χ2v) is 4.76. The molecule has 0 aliphatic heterocycles. The van der Waals surface area contributed by atoms with Crippen LogP contribution in [0.2, 0.25) is 0 Å². The van der Waals surface area contributed by atoms with Crippen LogP contribution in [0.25, 0.3) is 0 Å². The molecule has 1 rings (SSSR count). The standard InChI is InChI=1S/C15H21F4NO/c1-2-20-9-5-3-4-6-10-21-12-7-8-14(16)13(11-12)15(17,18)19/h7-8,11,20H,2-6,9-10H2,1H3. The summed E-state index contributed by atoms with van der Waals surface area (Å²) < 4.78 is 55.9. The maximum absolute atomic E-state index is 13.1. The van der Waals surface area contributed by atoms with Crippen LogP contribution in [-0.4, -0.2) is 19.7 Å². The summed E-state index contributed by atoms with van der Waals surface area (Å²) in [5.41, 5.74) is -1.29. The highest BCUT2D eigenvalue weighted by molar-refractivity contribution is 5.31. The Morgan fingerprint density at radius 3 is 2.48 bits per heavy atom. The van der Waals surface area contributed by atoms with E-state index in [-0.39, 0.29) is 5.75 Å². The molecule has 0 bridgehead atoms. The monoisotopic (exact) mass is 307 g/mol. The van der Waals surface area contributed by atoms with Crippen molar-refractivity contribution in [2.24, 2.45) is 0 Å². The fourth-order valence-electron chi connectivity index (χ4n) is 1.88. The van der Waals surface area contributed by atoms with Gasteiger partial charge in [0.25, 0.3) is 0 Å². The smallest absolute Gasteiger partial charge is 0.419 e. The topological polar surface area (TPSA) is 21.3 Å². The van der Waals surface area contributed by atoms with Crippen LogP contribution >= 0.6 is 0 Å². The summed E-state index contributed by atoms with van der Waals surface area (Å²) in [6.07, 6.45) is -0.852. The van der Waals surface area contributed by atoms with E-state index in [0.29, 0.717) is 12.7 Å². The van der Waals surface area contributed by atoms with Crippen molar-refractivity contribution < 1.29 is 22.3 Å². The number of halogens is 4. The molecule has 1 aromatic rings. The van der Waals surface area contributed by atoms with Gasteiger partial charge in [-0.2, -0.15) is 13.2 Å². The van der Waals surface area contributed by atoms with E-state index in [4.69, 9.17) is 4.74 Å². The Labute approximate surface area is 122 Å². The number of hydrogen-bond acceptors (Lipinski definition) is 2. The molecular weight excluding hydrogens is 286 g/mol. The molecule has 0 saturated heterocycles. The number of nitrogens with one attached hydrogen (secondary N) is 1. The van der Waals surface area contributed by atoms with Crippen molar-refractivity contribution in [1.29, 1.82) is 0 Å². The molecule has 120 valence electrons. The fourth-order valence-corrected chi connectivity index (χ4v) is 1.88. The lowest BCUT2D eigenvalue weighted by atomic mass is 10.2. The van der Waals surface area contributed by atoms with Crippen LogP contribution in [0.15, 0.2) is 18.2 Å². The zero-order chi connectivity index (χ0) is 15.7. The van der Waals surface area contributed by atoms with Gasteiger partial charge in [0.15, 0.2) is 0 Å². The zero-order valence-corrected chi connectivity index (χ0v) is 12.1. The van der Waals surface area contributed by atoms with Gasteiger partial charge in [0, 0.05) is 0 Å². The molecule has 0 unspecified atom stereocenters. The maximum Gasteiger partial charge on any atom is 0.419 e. The lowest BCUT2D eigenvalue weighted by Gasteiger charge is -2.11. The fraction of sp³-hybridized carbons (Fsp3) is 0.600. The van der Waals surface area contributed by atoms with E-state index in [1.54, 1.807) is 0 Å². The van der Waals surface area contributed by atoms with Crippen molar-refractivity contribution >= 4 is 0 Å². The number of ether oxygens (including phenoxy) is 1. The SMILES string of the molecule is CCNCCCCCCOc1ccc(F)c(C(F)(F)F)c1. The molecule has 2 nitrogen and oxygen atoms in total. The number of rotatable bonds is 9. The molecule has 0 atom stereocenters. The second-order valence-electron chi connectivity index (χ2n) is 4.76. The highest BCUT2D eigenvalue weighted by Crippen LogP contribution is 2.33. The van der Waals surface area contributed by atoms with Crippen LogP contribution in [-0.2, 0) is 6.18 Å². The molecule has 6 heteroatoms. The first-order valence-corrected chi connectivity index (χ1v) is 7.15. The van der Waals surface area contributed by atoms with E-state index in [1.165, 1.54) is 6.07 Å². The van der Waals surface area contributed by atoms with Crippen LogP contribution in [0.5, 0.6) is 5.75 Å². The number of unbranched alkanes of at least 4 members (excludes halogenated alkanes) is 3. The van der Waals surface area contributed by atoms with Crippen LogP contribution < -0.4 is 10.1 Å². The van der Waals surface area contributed by atoms with Crippen LogP contribution in [0.1, 0.15) is 38.2 Å². The Balaban J connectivity index is 2.30. The lowest BCUT2D eigenvalue weighted by molar-refractivity contribution is -0.140. The Kier molecular flexibility index (Phi) is 7.50. The molecule has 0 radical (unpaired) electrons. The van der Waals surface area contributed by atoms with E-state index in [9.17, 15) is 17.6 Å². The third-order valence-electron chi connectivity index (χ3n) is 3.01. The second kappa shape index (κ2) is 8.87. The van der Waals surface area contributed by atoms with Crippen molar-refractivity contribution in [3.8, 4) is 5.75 Å². The molecule has 0 aliphatic carbocycles. The summed E-state index contributed by atoms with van der Waals surface area (Å²) in [4.78, 5) is 0. The van der Waals surface area contributed by atoms with Gasteiger partial charge in [0.1, 0.15) is 11.6 Å². The molecule has 0 spiro atoms. The number of alkyl halides is 3. The van der Waals surface area contributed by atoms with E-state index >= 15 is 0 Å². The van der Waals surface area contributed by atoms with Gasteiger partial charge in [-0.25, -0.2) is 4.39 Å². The number of benzene rings is 1. The molecule has 0 aliphatic rings. The summed E-state index contributed by atoms with van der Waals surface area (Å²) in [5.74, 6) is -1.23. The van der Waals surface area contributed by atoms with E-state index < -0.39 is 17.6 Å². The van der Waals surface area contributed by atoms with Gasteiger partial charge in [-0.15, -0.1) is 0 Å². The summed E-state index contributed by atoms with van der Waals surface area (Å²) in [6, 6.07) is 2.71. The predicted molar refractivity (Wildman–Crippen MR) is 73.9 cm³/mol. The van der Waals surface area contributed by atoms with E-state index in [1.807, 2.05) is 6.92 Å². The van der Waals surface area contributed by atoms with Crippen molar-refractivity contribution in [1.82, 2.24) is 5.32 Å². The average Bonchev–Trinajstić information content (AvgIpc) is 2.42. The van der Waals surface area contributed by atoms with Crippen LogP contribution in [0.4, 0.5) is 17.6 Å². The van der Waals surface area contributed by atoms with Gasteiger partial charge in [-0.3, -0.25) is 0 Å². The van der Waals surface area contributed by atoms with Crippen molar-refractivity contribution in [2.45, 2.75) is 38.8 Å². The lowest BCUT2D eigenvalue weighted by Crippen LogP contribution is -2.13. The summed E-state index contributed by atoms with van der Waals surface area (Å²) in [5, 5.41) is 3.22. The highest BCUT2D eigenvalue weighted by Gasteiger charge is 2.34.